The second-order valence-corrected chi connectivity index (χ2v) is 9.31. The second kappa shape index (κ2) is 8.89. The van der Waals surface area contributed by atoms with Crippen LogP contribution in [-0.2, 0) is 16.0 Å². The summed E-state index contributed by atoms with van der Waals surface area (Å²) in [4.78, 5) is 15.8. The summed E-state index contributed by atoms with van der Waals surface area (Å²) >= 11 is 1.67. The number of rotatable bonds is 5. The number of allylic oxidation sites excluding steroid dienone is 2. The number of hydrogen-bond acceptors (Lipinski definition) is 5. The zero-order chi connectivity index (χ0) is 22.0. The van der Waals surface area contributed by atoms with Crippen molar-refractivity contribution in [1.29, 1.82) is 0 Å². The number of carbonyl (C=O) groups is 1. The van der Waals surface area contributed by atoms with E-state index in [1.54, 1.807) is 18.4 Å². The fourth-order valence-corrected chi connectivity index (χ4v) is 4.79. The highest BCUT2D eigenvalue weighted by Crippen LogP contribution is 2.38. The minimum atomic E-state index is -0.355. The lowest BCUT2D eigenvalue weighted by atomic mass is 9.90. The predicted molar refractivity (Wildman–Crippen MR) is 124 cm³/mol. The first-order valence-electron chi connectivity index (χ1n) is 10.5. The lowest BCUT2D eigenvalue weighted by Gasteiger charge is -2.43. The zero-order valence-corrected chi connectivity index (χ0v) is 19.4. The molecule has 1 aromatic heterocycles. The van der Waals surface area contributed by atoms with E-state index in [0.717, 1.165) is 33.8 Å². The van der Waals surface area contributed by atoms with E-state index in [9.17, 15) is 4.79 Å². The van der Waals surface area contributed by atoms with Gasteiger partial charge in [0.25, 0.3) is 5.91 Å². The molecule has 1 saturated heterocycles. The number of amides is 1. The van der Waals surface area contributed by atoms with E-state index in [1.165, 1.54) is 5.56 Å². The maximum Gasteiger partial charge on any atom is 0.254 e. The Kier molecular flexibility index (Phi) is 6.21. The van der Waals surface area contributed by atoms with Crippen LogP contribution in [0.4, 0.5) is 0 Å². The minimum Gasteiger partial charge on any atom is -0.497 e. The summed E-state index contributed by atoms with van der Waals surface area (Å²) < 4.78 is 17.1. The molecule has 1 amide bonds. The van der Waals surface area contributed by atoms with Crippen molar-refractivity contribution < 1.29 is 19.0 Å². The van der Waals surface area contributed by atoms with E-state index in [2.05, 4.69) is 43.7 Å². The third-order valence-electron chi connectivity index (χ3n) is 5.99. The Hall–Kier alpha value is -2.57. The largest absolute Gasteiger partial charge is 0.497 e. The monoisotopic (exact) mass is 439 g/mol. The predicted octanol–water partition coefficient (Wildman–Crippen LogP) is 4.73. The van der Waals surface area contributed by atoms with Crippen molar-refractivity contribution in [2.24, 2.45) is 0 Å². The SMILES string of the molecule is COc1ccc2c(c1)OCC(/C(=C\Cc1ccsc1)C(=O)N1CCOCC1(C)C)=C2C. The molecule has 0 bridgehead atoms. The fourth-order valence-electron chi connectivity index (χ4n) is 4.11. The number of fused-ring (bicyclic) bond motifs is 1. The van der Waals surface area contributed by atoms with E-state index in [4.69, 9.17) is 14.2 Å². The average Bonchev–Trinajstić information content (AvgIpc) is 3.28. The first-order chi connectivity index (χ1) is 14.9. The van der Waals surface area contributed by atoms with Crippen LogP contribution in [0.25, 0.3) is 5.57 Å². The molecule has 0 unspecified atom stereocenters. The number of ether oxygens (including phenoxy) is 3. The van der Waals surface area contributed by atoms with Crippen LogP contribution in [-0.4, -0.2) is 49.8 Å². The summed E-state index contributed by atoms with van der Waals surface area (Å²) in [5, 5.41) is 4.19. The zero-order valence-electron chi connectivity index (χ0n) is 18.6. The highest BCUT2D eigenvalue weighted by molar-refractivity contribution is 7.07. The first kappa shape index (κ1) is 21.7. The van der Waals surface area contributed by atoms with Crippen molar-refractivity contribution in [3.05, 3.63) is 63.4 Å². The lowest BCUT2D eigenvalue weighted by Crippen LogP contribution is -2.56. The van der Waals surface area contributed by atoms with Crippen molar-refractivity contribution in [2.75, 3.05) is 33.5 Å². The molecule has 0 spiro atoms. The van der Waals surface area contributed by atoms with Crippen LogP contribution in [0.15, 0.2) is 52.2 Å². The van der Waals surface area contributed by atoms with Crippen LogP contribution in [0.3, 0.4) is 0 Å². The summed E-state index contributed by atoms with van der Waals surface area (Å²) in [5.41, 5.74) is 4.58. The molecule has 0 radical (unpaired) electrons. The normalized spacial score (nSPS) is 18.5. The highest BCUT2D eigenvalue weighted by Gasteiger charge is 2.37. The average molecular weight is 440 g/mol. The first-order valence-corrected chi connectivity index (χ1v) is 11.5. The fraction of sp³-hybridized carbons (Fsp3) is 0.400. The quantitative estimate of drug-likeness (QED) is 0.632. The molecule has 2 aliphatic rings. The summed E-state index contributed by atoms with van der Waals surface area (Å²) in [5.74, 6) is 1.59. The Morgan fingerprint density at radius 2 is 2.16 bits per heavy atom. The molecule has 31 heavy (non-hydrogen) atoms. The van der Waals surface area contributed by atoms with Crippen molar-refractivity contribution >= 4 is 22.8 Å². The molecule has 2 aliphatic heterocycles. The summed E-state index contributed by atoms with van der Waals surface area (Å²) in [6.07, 6.45) is 2.77. The molecule has 0 aliphatic carbocycles. The topological polar surface area (TPSA) is 48.0 Å². The molecule has 4 rings (SSSR count). The van der Waals surface area contributed by atoms with E-state index >= 15 is 0 Å². The van der Waals surface area contributed by atoms with E-state index < -0.39 is 0 Å². The lowest BCUT2D eigenvalue weighted by molar-refractivity contribution is -0.141. The van der Waals surface area contributed by atoms with E-state index in [1.807, 2.05) is 23.1 Å². The van der Waals surface area contributed by atoms with Gasteiger partial charge in [-0.05, 0) is 67.3 Å². The van der Waals surface area contributed by atoms with Crippen molar-refractivity contribution in [3.8, 4) is 11.5 Å². The molecule has 0 saturated carbocycles. The van der Waals surface area contributed by atoms with Gasteiger partial charge in [-0.1, -0.05) is 6.08 Å². The van der Waals surface area contributed by atoms with Crippen LogP contribution < -0.4 is 9.47 Å². The summed E-state index contributed by atoms with van der Waals surface area (Å²) in [6, 6.07) is 7.93. The summed E-state index contributed by atoms with van der Waals surface area (Å²) in [6.45, 7) is 8.22. The number of hydrogen-bond donors (Lipinski definition) is 0. The van der Waals surface area contributed by atoms with Gasteiger partial charge in [-0.15, -0.1) is 0 Å². The molecule has 164 valence electrons. The number of benzene rings is 1. The Bertz CT molecular complexity index is 1020. The molecule has 2 aromatic rings. The summed E-state index contributed by atoms with van der Waals surface area (Å²) in [7, 11) is 1.65. The van der Waals surface area contributed by atoms with Crippen molar-refractivity contribution in [3.63, 3.8) is 0 Å². The molecular formula is C25H29NO4S. The van der Waals surface area contributed by atoms with Gasteiger partial charge in [-0.3, -0.25) is 4.79 Å². The second-order valence-electron chi connectivity index (χ2n) is 8.53. The Morgan fingerprint density at radius 3 is 2.87 bits per heavy atom. The third kappa shape index (κ3) is 4.41. The number of thiophene rings is 1. The van der Waals surface area contributed by atoms with E-state index in [0.29, 0.717) is 32.8 Å². The molecule has 1 aromatic carbocycles. The molecule has 0 N–H and O–H groups in total. The third-order valence-corrected chi connectivity index (χ3v) is 6.72. The van der Waals surface area contributed by atoms with Crippen LogP contribution in [0, 0.1) is 0 Å². The van der Waals surface area contributed by atoms with Crippen LogP contribution in [0.1, 0.15) is 31.9 Å². The number of carbonyl (C=O) groups excluding carboxylic acids is 1. The molecule has 0 atom stereocenters. The van der Waals surface area contributed by atoms with Gasteiger partial charge in [0.1, 0.15) is 18.1 Å². The van der Waals surface area contributed by atoms with Crippen LogP contribution in [0.5, 0.6) is 11.5 Å². The van der Waals surface area contributed by atoms with Gasteiger partial charge in [0.15, 0.2) is 0 Å². The molecule has 1 fully saturated rings. The van der Waals surface area contributed by atoms with Gasteiger partial charge in [-0.25, -0.2) is 0 Å². The number of methoxy groups -OCH3 is 1. The van der Waals surface area contributed by atoms with Gasteiger partial charge in [0.2, 0.25) is 0 Å². The Balaban J connectivity index is 1.75. The maximum atomic E-state index is 13.8. The smallest absolute Gasteiger partial charge is 0.254 e. The number of morpholine rings is 1. The van der Waals surface area contributed by atoms with Gasteiger partial charge in [0, 0.05) is 29.3 Å². The number of nitrogens with zero attached hydrogens (tertiary/aromatic N) is 1. The molecule has 3 heterocycles. The van der Waals surface area contributed by atoms with Gasteiger partial charge in [0.05, 0.1) is 25.9 Å². The standard InChI is InChI=1S/C25H29NO4S/c1-17-20-8-6-19(28-4)13-23(20)30-14-22(17)21(7-5-18-9-12-31-15-18)24(27)26-10-11-29-16-25(26,2)3/h6-9,12-13,15H,5,10-11,14,16H2,1-4H3/b21-7+. The minimum absolute atomic E-state index is 0.0402. The Labute approximate surface area is 187 Å². The van der Waals surface area contributed by atoms with Crippen molar-refractivity contribution in [2.45, 2.75) is 32.7 Å². The maximum absolute atomic E-state index is 13.8. The van der Waals surface area contributed by atoms with Gasteiger partial charge < -0.3 is 19.1 Å². The molecule has 6 heteroatoms. The van der Waals surface area contributed by atoms with E-state index in [-0.39, 0.29) is 11.4 Å². The van der Waals surface area contributed by atoms with Crippen LogP contribution in [0.2, 0.25) is 0 Å². The van der Waals surface area contributed by atoms with Gasteiger partial charge >= 0.3 is 0 Å². The Morgan fingerprint density at radius 1 is 1.32 bits per heavy atom. The molecular weight excluding hydrogens is 410 g/mol. The molecule has 5 nitrogen and oxygen atoms in total. The highest BCUT2D eigenvalue weighted by atomic mass is 32.1. The van der Waals surface area contributed by atoms with Crippen molar-refractivity contribution in [1.82, 2.24) is 4.90 Å². The van der Waals surface area contributed by atoms with Crippen LogP contribution >= 0.6 is 11.3 Å². The van der Waals surface area contributed by atoms with Gasteiger partial charge in [-0.2, -0.15) is 11.3 Å².